The van der Waals surface area contributed by atoms with Crippen molar-refractivity contribution in [2.75, 3.05) is 7.11 Å². The van der Waals surface area contributed by atoms with Gasteiger partial charge in [0.2, 0.25) is 18.2 Å². The van der Waals surface area contributed by atoms with Crippen molar-refractivity contribution in [3.8, 4) is 0 Å². The largest absolute Gasteiger partial charge is 0.467 e. The van der Waals surface area contributed by atoms with Crippen LogP contribution in [0.4, 0.5) is 0 Å². The Bertz CT molecular complexity index is 663. The van der Waals surface area contributed by atoms with Crippen LogP contribution >= 0.6 is 0 Å². The van der Waals surface area contributed by atoms with Gasteiger partial charge in [0.1, 0.15) is 18.1 Å². The molecular formula is C20H29N3O5. The van der Waals surface area contributed by atoms with Gasteiger partial charge in [-0.2, -0.15) is 0 Å². The first-order valence-corrected chi connectivity index (χ1v) is 9.20. The molecule has 3 amide bonds. The summed E-state index contributed by atoms with van der Waals surface area (Å²) in [5, 5.41) is 7.66. The lowest BCUT2D eigenvalue weighted by molar-refractivity contribution is -0.145. The SMILES string of the molecule is COC(=O)[C@H](Cc1ccccc1)NC(=O)[C@H](CC(C)C)NC(=O)[C@H](C)NC=O. The molecule has 0 saturated heterocycles. The average Bonchev–Trinajstić information content (AvgIpc) is 2.66. The van der Waals surface area contributed by atoms with Gasteiger partial charge in [-0.3, -0.25) is 14.4 Å². The van der Waals surface area contributed by atoms with Crippen LogP contribution in [0.5, 0.6) is 0 Å². The quantitative estimate of drug-likeness (QED) is 0.377. The van der Waals surface area contributed by atoms with Crippen molar-refractivity contribution >= 4 is 24.2 Å². The number of nitrogens with one attached hydrogen (secondary N) is 3. The van der Waals surface area contributed by atoms with Crippen LogP contribution in [0.15, 0.2) is 30.3 Å². The predicted molar refractivity (Wildman–Crippen MR) is 104 cm³/mol. The molecule has 154 valence electrons. The number of carbonyl (C=O) groups is 4. The van der Waals surface area contributed by atoms with Crippen molar-refractivity contribution in [1.82, 2.24) is 16.0 Å². The number of rotatable bonds is 11. The van der Waals surface area contributed by atoms with Crippen LogP contribution in [-0.2, 0) is 30.3 Å². The lowest BCUT2D eigenvalue weighted by atomic mass is 10.0. The summed E-state index contributed by atoms with van der Waals surface area (Å²) in [6.07, 6.45) is 1.07. The van der Waals surface area contributed by atoms with Crippen molar-refractivity contribution in [3.63, 3.8) is 0 Å². The molecule has 0 heterocycles. The van der Waals surface area contributed by atoms with Crippen LogP contribution in [0.1, 0.15) is 32.8 Å². The highest BCUT2D eigenvalue weighted by Gasteiger charge is 2.29. The second-order valence-electron chi connectivity index (χ2n) is 6.97. The summed E-state index contributed by atoms with van der Waals surface area (Å²) < 4.78 is 4.81. The highest BCUT2D eigenvalue weighted by atomic mass is 16.5. The fourth-order valence-corrected chi connectivity index (χ4v) is 2.64. The third-order valence-electron chi connectivity index (χ3n) is 4.14. The lowest BCUT2D eigenvalue weighted by Gasteiger charge is -2.24. The van der Waals surface area contributed by atoms with Crippen molar-refractivity contribution in [2.24, 2.45) is 5.92 Å². The summed E-state index contributed by atoms with van der Waals surface area (Å²) in [6.45, 7) is 5.35. The summed E-state index contributed by atoms with van der Waals surface area (Å²) in [4.78, 5) is 47.6. The van der Waals surface area contributed by atoms with E-state index in [1.54, 1.807) is 0 Å². The van der Waals surface area contributed by atoms with E-state index in [0.717, 1.165) is 5.56 Å². The Kier molecular flexibility index (Phi) is 9.70. The highest BCUT2D eigenvalue weighted by Crippen LogP contribution is 2.08. The third-order valence-corrected chi connectivity index (χ3v) is 4.14. The minimum Gasteiger partial charge on any atom is -0.467 e. The van der Waals surface area contributed by atoms with E-state index in [1.807, 2.05) is 44.2 Å². The van der Waals surface area contributed by atoms with Crippen LogP contribution in [0.3, 0.4) is 0 Å². The number of esters is 1. The van der Waals surface area contributed by atoms with E-state index in [0.29, 0.717) is 12.8 Å². The normalized spacial score (nSPS) is 13.8. The number of carbonyl (C=O) groups excluding carboxylic acids is 4. The van der Waals surface area contributed by atoms with E-state index in [-0.39, 0.29) is 12.3 Å². The number of hydrogen-bond donors (Lipinski definition) is 3. The molecule has 0 bridgehead atoms. The molecular weight excluding hydrogens is 362 g/mol. The molecule has 0 radical (unpaired) electrons. The van der Waals surface area contributed by atoms with Crippen LogP contribution < -0.4 is 16.0 Å². The molecule has 0 saturated carbocycles. The van der Waals surface area contributed by atoms with Gasteiger partial charge in [-0.25, -0.2) is 4.79 Å². The Balaban J connectivity index is 2.89. The van der Waals surface area contributed by atoms with Gasteiger partial charge >= 0.3 is 5.97 Å². The Labute approximate surface area is 165 Å². The van der Waals surface area contributed by atoms with Crippen LogP contribution in [-0.4, -0.2) is 49.4 Å². The molecule has 0 aliphatic heterocycles. The zero-order valence-corrected chi connectivity index (χ0v) is 16.7. The number of ether oxygens (including phenoxy) is 1. The molecule has 8 heteroatoms. The fourth-order valence-electron chi connectivity index (χ4n) is 2.64. The lowest BCUT2D eigenvalue weighted by Crippen LogP contribution is -2.55. The van der Waals surface area contributed by atoms with Gasteiger partial charge in [0, 0.05) is 6.42 Å². The maximum absolute atomic E-state index is 12.8. The van der Waals surface area contributed by atoms with E-state index >= 15 is 0 Å². The smallest absolute Gasteiger partial charge is 0.328 e. The summed E-state index contributed by atoms with van der Waals surface area (Å²) in [7, 11) is 1.26. The van der Waals surface area contributed by atoms with Gasteiger partial charge in [0.25, 0.3) is 0 Å². The van der Waals surface area contributed by atoms with Gasteiger partial charge in [0.15, 0.2) is 0 Å². The van der Waals surface area contributed by atoms with Crippen LogP contribution in [0.2, 0.25) is 0 Å². The minimum absolute atomic E-state index is 0.121. The number of hydrogen-bond acceptors (Lipinski definition) is 5. The first-order valence-electron chi connectivity index (χ1n) is 9.20. The zero-order chi connectivity index (χ0) is 21.1. The molecule has 3 N–H and O–H groups in total. The second-order valence-corrected chi connectivity index (χ2v) is 6.97. The summed E-state index contributed by atoms with van der Waals surface area (Å²) >= 11 is 0. The number of amides is 3. The van der Waals surface area contributed by atoms with Crippen molar-refractivity contribution in [3.05, 3.63) is 35.9 Å². The molecule has 1 aromatic rings. The van der Waals surface area contributed by atoms with Gasteiger partial charge < -0.3 is 20.7 Å². The molecule has 1 aromatic carbocycles. The van der Waals surface area contributed by atoms with E-state index in [4.69, 9.17) is 4.74 Å². The molecule has 0 aliphatic carbocycles. The predicted octanol–water partition coefficient (Wildman–Crippen LogP) is 0.552. The van der Waals surface area contributed by atoms with E-state index < -0.39 is 35.9 Å². The van der Waals surface area contributed by atoms with E-state index in [9.17, 15) is 19.2 Å². The van der Waals surface area contributed by atoms with Gasteiger partial charge in [0.05, 0.1) is 7.11 Å². The Morgan fingerprint density at radius 2 is 1.61 bits per heavy atom. The first kappa shape index (κ1) is 23.1. The summed E-state index contributed by atoms with van der Waals surface area (Å²) in [6, 6.07) is 6.75. The van der Waals surface area contributed by atoms with E-state index in [2.05, 4.69) is 16.0 Å². The Hall–Kier alpha value is -2.90. The first-order chi connectivity index (χ1) is 13.3. The summed E-state index contributed by atoms with van der Waals surface area (Å²) in [5.74, 6) is -1.41. The van der Waals surface area contributed by atoms with Gasteiger partial charge in [-0.05, 0) is 24.8 Å². The third kappa shape index (κ3) is 7.77. The average molecular weight is 391 g/mol. The van der Waals surface area contributed by atoms with Gasteiger partial charge in [-0.15, -0.1) is 0 Å². The topological polar surface area (TPSA) is 114 Å². The van der Waals surface area contributed by atoms with Crippen molar-refractivity contribution in [1.29, 1.82) is 0 Å². The molecule has 1 rings (SSSR count). The number of methoxy groups -OCH3 is 1. The van der Waals surface area contributed by atoms with E-state index in [1.165, 1.54) is 14.0 Å². The molecule has 0 spiro atoms. The summed E-state index contributed by atoms with van der Waals surface area (Å²) in [5.41, 5.74) is 0.867. The maximum atomic E-state index is 12.8. The molecule has 0 aliphatic rings. The highest BCUT2D eigenvalue weighted by molar-refractivity contribution is 5.92. The zero-order valence-electron chi connectivity index (χ0n) is 16.7. The molecule has 8 nitrogen and oxygen atoms in total. The van der Waals surface area contributed by atoms with Crippen molar-refractivity contribution in [2.45, 2.75) is 51.7 Å². The van der Waals surface area contributed by atoms with Crippen LogP contribution in [0, 0.1) is 5.92 Å². The maximum Gasteiger partial charge on any atom is 0.328 e. The number of benzene rings is 1. The molecule has 0 aromatic heterocycles. The minimum atomic E-state index is -0.878. The molecule has 28 heavy (non-hydrogen) atoms. The standard InChI is InChI=1S/C20H29N3O5/c1-13(2)10-16(22-18(25)14(3)21-12-24)19(26)23-17(20(27)28-4)11-15-8-6-5-7-9-15/h5-9,12-14,16-17H,10-11H2,1-4H3,(H,21,24)(H,22,25)(H,23,26)/t14-,16-,17-/m0/s1. The second kappa shape index (κ2) is 11.7. The molecule has 3 atom stereocenters. The fraction of sp³-hybridized carbons (Fsp3) is 0.500. The Morgan fingerprint density at radius 3 is 2.14 bits per heavy atom. The monoisotopic (exact) mass is 391 g/mol. The van der Waals surface area contributed by atoms with Crippen LogP contribution in [0.25, 0.3) is 0 Å². The Morgan fingerprint density at radius 1 is 1.00 bits per heavy atom. The van der Waals surface area contributed by atoms with Gasteiger partial charge in [-0.1, -0.05) is 44.2 Å². The van der Waals surface area contributed by atoms with Crippen molar-refractivity contribution < 1.29 is 23.9 Å². The molecule has 0 fully saturated rings. The molecule has 0 unspecified atom stereocenters.